The molecule has 1 aliphatic rings. The van der Waals surface area contributed by atoms with Gasteiger partial charge in [-0.2, -0.15) is 0 Å². The molecule has 0 unspecified atom stereocenters. The largest absolute Gasteiger partial charge is 0.476 e. The summed E-state index contributed by atoms with van der Waals surface area (Å²) in [7, 11) is 0. The van der Waals surface area contributed by atoms with E-state index in [2.05, 4.69) is 33.0 Å². The fourth-order valence-electron chi connectivity index (χ4n) is 5.26. The van der Waals surface area contributed by atoms with E-state index < -0.39 is 17.5 Å². The maximum Gasteiger partial charge on any atom is 0.353 e. The first-order chi connectivity index (χ1) is 16.1. The lowest BCUT2D eigenvalue weighted by atomic mass is 9.63. The Labute approximate surface area is 213 Å². The third-order valence-electron chi connectivity index (χ3n) is 5.91. The van der Waals surface area contributed by atoms with Gasteiger partial charge in [0, 0.05) is 6.04 Å². The Bertz CT molecular complexity index is 1030. The number of nitrogens with one attached hydrogen (secondary N) is 1. The monoisotopic (exact) mass is 501 g/mol. The molecule has 1 fully saturated rings. The second kappa shape index (κ2) is 10.2. The Hall–Kier alpha value is -2.54. The first kappa shape index (κ1) is 27.1. The maximum atomic E-state index is 12.7. The van der Waals surface area contributed by atoms with Gasteiger partial charge in [-0.3, -0.25) is 0 Å². The molecule has 192 valence electrons. The molecule has 0 spiro atoms. The van der Waals surface area contributed by atoms with Gasteiger partial charge in [0.1, 0.15) is 10.5 Å². The van der Waals surface area contributed by atoms with Crippen molar-refractivity contribution in [2.24, 2.45) is 10.8 Å². The van der Waals surface area contributed by atoms with Gasteiger partial charge in [-0.05, 0) is 80.9 Å². The molecule has 1 N–H and O–H groups in total. The normalized spacial score (nSPS) is 17.5. The Morgan fingerprint density at radius 1 is 1.09 bits per heavy atom. The molecule has 0 aliphatic heterocycles. The highest BCUT2D eigenvalue weighted by atomic mass is 32.1. The lowest BCUT2D eigenvalue weighted by Crippen LogP contribution is -2.40. The van der Waals surface area contributed by atoms with E-state index in [1.165, 1.54) is 11.3 Å². The summed E-state index contributed by atoms with van der Waals surface area (Å²) in [4.78, 5) is 25.7. The van der Waals surface area contributed by atoms with Crippen molar-refractivity contribution in [2.45, 2.75) is 86.3 Å². The van der Waals surface area contributed by atoms with Crippen LogP contribution in [0.2, 0.25) is 0 Å². The van der Waals surface area contributed by atoms with Crippen molar-refractivity contribution in [2.75, 3.05) is 11.9 Å². The average molecular weight is 502 g/mol. The minimum atomic E-state index is -0.623. The minimum absolute atomic E-state index is 0.189. The molecule has 7 heteroatoms. The van der Waals surface area contributed by atoms with E-state index in [9.17, 15) is 9.59 Å². The quantitative estimate of drug-likeness (QED) is 0.325. The summed E-state index contributed by atoms with van der Waals surface area (Å²) in [6.45, 7) is 16.3. The summed E-state index contributed by atoms with van der Waals surface area (Å²) < 4.78 is 17.2. The molecule has 0 bridgehead atoms. The SMILES string of the molecule is Cc1ccc(OC(=O)c2cccs2)c(OCC(=O)OC(C)(C)C)c1NC1CC(C)(C)CC(C)(C)C1. The molecule has 0 amide bonds. The topological polar surface area (TPSA) is 73.9 Å². The summed E-state index contributed by atoms with van der Waals surface area (Å²) >= 11 is 1.31. The number of rotatable bonds is 7. The summed E-state index contributed by atoms with van der Waals surface area (Å²) in [5.74, 6) is -0.325. The molecular weight excluding hydrogens is 462 g/mol. The molecule has 0 saturated heterocycles. The standard InChI is InChI=1S/C28H39NO5S/c1-18-11-12-20(33-25(31)21-10-9-13-35-21)24(32-16-22(30)34-26(2,3)4)23(18)29-19-14-27(5,6)17-28(7,8)15-19/h9-13,19,29H,14-17H2,1-8H3. The van der Waals surface area contributed by atoms with Crippen molar-refractivity contribution >= 4 is 29.0 Å². The van der Waals surface area contributed by atoms with E-state index in [0.29, 0.717) is 10.6 Å². The van der Waals surface area contributed by atoms with Gasteiger partial charge in [0.2, 0.25) is 0 Å². The highest BCUT2D eigenvalue weighted by Gasteiger charge is 2.39. The molecule has 6 nitrogen and oxygen atoms in total. The van der Waals surface area contributed by atoms with Gasteiger partial charge in [-0.15, -0.1) is 11.3 Å². The van der Waals surface area contributed by atoms with Crippen LogP contribution in [0.25, 0.3) is 0 Å². The van der Waals surface area contributed by atoms with Crippen LogP contribution in [-0.4, -0.2) is 30.2 Å². The second-order valence-corrected chi connectivity index (χ2v) is 13.0. The second-order valence-electron chi connectivity index (χ2n) is 12.1. The van der Waals surface area contributed by atoms with Crippen LogP contribution in [0.4, 0.5) is 5.69 Å². The van der Waals surface area contributed by atoms with Crippen molar-refractivity contribution in [3.63, 3.8) is 0 Å². The fraction of sp³-hybridized carbons (Fsp3) is 0.571. The van der Waals surface area contributed by atoms with Gasteiger partial charge < -0.3 is 19.5 Å². The summed E-state index contributed by atoms with van der Waals surface area (Å²) in [5, 5.41) is 5.51. The van der Waals surface area contributed by atoms with Crippen molar-refractivity contribution in [3.05, 3.63) is 40.1 Å². The molecule has 1 aromatic heterocycles. The van der Waals surface area contributed by atoms with Crippen LogP contribution in [0.5, 0.6) is 11.5 Å². The first-order valence-electron chi connectivity index (χ1n) is 12.1. The Morgan fingerprint density at radius 3 is 2.31 bits per heavy atom. The lowest BCUT2D eigenvalue weighted by Gasteiger charge is -2.45. The molecule has 0 radical (unpaired) electrons. The summed E-state index contributed by atoms with van der Waals surface area (Å²) in [5.41, 5.74) is 1.44. The molecule has 1 heterocycles. The van der Waals surface area contributed by atoms with E-state index in [4.69, 9.17) is 14.2 Å². The molecule has 0 atom stereocenters. The van der Waals surface area contributed by atoms with Gasteiger partial charge in [0.25, 0.3) is 0 Å². The number of ether oxygens (including phenoxy) is 3. The number of esters is 2. The lowest BCUT2D eigenvalue weighted by molar-refractivity contribution is -0.157. The molecular formula is C28H39NO5S. The van der Waals surface area contributed by atoms with Crippen LogP contribution < -0.4 is 14.8 Å². The number of aryl methyl sites for hydroxylation is 1. The molecule has 2 aromatic rings. The number of anilines is 1. The number of hydrogen-bond donors (Lipinski definition) is 1. The minimum Gasteiger partial charge on any atom is -0.476 e. The number of benzene rings is 1. The van der Waals surface area contributed by atoms with Gasteiger partial charge in [-0.1, -0.05) is 39.8 Å². The first-order valence-corrected chi connectivity index (χ1v) is 13.0. The number of carbonyl (C=O) groups is 2. The van der Waals surface area contributed by atoms with E-state index in [-0.39, 0.29) is 29.2 Å². The van der Waals surface area contributed by atoms with Crippen LogP contribution in [0.15, 0.2) is 29.6 Å². The third-order valence-corrected chi connectivity index (χ3v) is 6.76. The van der Waals surface area contributed by atoms with Gasteiger partial charge in [0.15, 0.2) is 18.1 Å². The molecule has 1 aromatic carbocycles. The van der Waals surface area contributed by atoms with Crippen LogP contribution in [0.1, 0.15) is 83.0 Å². The van der Waals surface area contributed by atoms with Gasteiger partial charge in [-0.25, -0.2) is 9.59 Å². The highest BCUT2D eigenvalue weighted by Crippen LogP contribution is 2.48. The zero-order chi connectivity index (χ0) is 26.0. The number of thiophene rings is 1. The van der Waals surface area contributed by atoms with Crippen LogP contribution in [0.3, 0.4) is 0 Å². The van der Waals surface area contributed by atoms with Crippen LogP contribution >= 0.6 is 11.3 Å². The van der Waals surface area contributed by atoms with Crippen LogP contribution in [-0.2, 0) is 9.53 Å². The van der Waals surface area contributed by atoms with Crippen LogP contribution in [0, 0.1) is 17.8 Å². The van der Waals surface area contributed by atoms with E-state index in [1.807, 2.05) is 39.1 Å². The van der Waals surface area contributed by atoms with Crippen molar-refractivity contribution < 1.29 is 23.8 Å². The molecule has 3 rings (SSSR count). The fourth-order valence-corrected chi connectivity index (χ4v) is 5.86. The maximum absolute atomic E-state index is 12.7. The highest BCUT2D eigenvalue weighted by molar-refractivity contribution is 7.12. The van der Waals surface area contributed by atoms with E-state index in [0.717, 1.165) is 30.5 Å². The predicted octanol–water partition coefficient (Wildman–Crippen LogP) is 7.01. The Morgan fingerprint density at radius 2 is 1.74 bits per heavy atom. The van der Waals surface area contributed by atoms with E-state index in [1.54, 1.807) is 18.2 Å². The van der Waals surface area contributed by atoms with Crippen molar-refractivity contribution in [3.8, 4) is 11.5 Å². The van der Waals surface area contributed by atoms with Crippen molar-refractivity contribution in [1.29, 1.82) is 0 Å². The average Bonchev–Trinajstić information content (AvgIpc) is 3.21. The summed E-state index contributed by atoms with van der Waals surface area (Å²) in [6, 6.07) is 7.34. The van der Waals surface area contributed by atoms with Gasteiger partial charge in [0.05, 0.1) is 5.69 Å². The third kappa shape index (κ3) is 7.72. The summed E-state index contributed by atoms with van der Waals surface area (Å²) in [6.07, 6.45) is 3.15. The molecule has 1 saturated carbocycles. The zero-order valence-electron chi connectivity index (χ0n) is 22.2. The smallest absolute Gasteiger partial charge is 0.353 e. The van der Waals surface area contributed by atoms with Gasteiger partial charge >= 0.3 is 11.9 Å². The molecule has 1 aliphatic carbocycles. The Kier molecular flexibility index (Phi) is 7.89. The number of carbonyl (C=O) groups excluding carboxylic acids is 2. The zero-order valence-corrected chi connectivity index (χ0v) is 23.1. The molecule has 35 heavy (non-hydrogen) atoms. The number of hydrogen-bond acceptors (Lipinski definition) is 7. The van der Waals surface area contributed by atoms with Crippen molar-refractivity contribution in [1.82, 2.24) is 0 Å². The predicted molar refractivity (Wildman–Crippen MR) is 141 cm³/mol. The Balaban J connectivity index is 1.93. The van der Waals surface area contributed by atoms with E-state index >= 15 is 0 Å².